The summed E-state index contributed by atoms with van der Waals surface area (Å²) < 4.78 is 0. The minimum Gasteiger partial charge on any atom is -0.371 e. The van der Waals surface area contributed by atoms with Crippen LogP contribution in [0.5, 0.6) is 0 Å². The van der Waals surface area contributed by atoms with Crippen molar-refractivity contribution in [1.29, 1.82) is 0 Å². The van der Waals surface area contributed by atoms with Gasteiger partial charge in [0.05, 0.1) is 0 Å². The summed E-state index contributed by atoms with van der Waals surface area (Å²) in [6, 6.07) is 11.7. The molecule has 0 atom stereocenters. The van der Waals surface area contributed by atoms with Gasteiger partial charge in [-0.15, -0.1) is 0 Å². The van der Waals surface area contributed by atoms with E-state index in [1.54, 1.807) is 0 Å². The minimum absolute atomic E-state index is 0.869. The van der Waals surface area contributed by atoms with Gasteiger partial charge >= 0.3 is 0 Å². The van der Waals surface area contributed by atoms with Gasteiger partial charge in [-0.1, -0.05) is 18.2 Å². The maximum Gasteiger partial charge on any atom is 0.0366 e. The Kier molecular flexibility index (Phi) is 2.83. The Labute approximate surface area is 97.9 Å². The van der Waals surface area contributed by atoms with Gasteiger partial charge in [-0.3, -0.25) is 0 Å². The molecule has 2 aliphatic heterocycles. The Morgan fingerprint density at radius 1 is 0.875 bits per heavy atom. The Morgan fingerprint density at radius 2 is 1.56 bits per heavy atom. The molecule has 0 spiro atoms. The van der Waals surface area contributed by atoms with E-state index >= 15 is 0 Å². The first-order valence-corrected chi connectivity index (χ1v) is 6.47. The lowest BCUT2D eigenvalue weighted by Gasteiger charge is -2.43. The van der Waals surface area contributed by atoms with Crippen molar-refractivity contribution in [2.45, 2.75) is 25.3 Å². The second-order valence-corrected chi connectivity index (χ2v) is 4.94. The Morgan fingerprint density at radius 3 is 2.12 bits per heavy atom. The smallest absolute Gasteiger partial charge is 0.0366 e. The minimum atomic E-state index is 0.869. The normalized spacial score (nSPS) is 23.1. The average molecular weight is 216 g/mol. The molecule has 2 fully saturated rings. The zero-order chi connectivity index (χ0) is 10.8. The van der Waals surface area contributed by atoms with Gasteiger partial charge in [-0.25, -0.2) is 0 Å². The topological polar surface area (TPSA) is 6.48 Å². The summed E-state index contributed by atoms with van der Waals surface area (Å²) in [6.07, 6.45) is 4.10. The van der Waals surface area contributed by atoms with E-state index in [0.717, 1.165) is 6.04 Å². The molecule has 2 heteroatoms. The van der Waals surface area contributed by atoms with E-state index in [-0.39, 0.29) is 0 Å². The predicted octanol–water partition coefficient (Wildman–Crippen LogP) is 2.36. The van der Waals surface area contributed by atoms with Crippen LogP contribution in [0.1, 0.15) is 19.3 Å². The van der Waals surface area contributed by atoms with Crippen LogP contribution in [0.25, 0.3) is 0 Å². The summed E-state index contributed by atoms with van der Waals surface area (Å²) in [5.74, 6) is 0. The zero-order valence-corrected chi connectivity index (χ0v) is 9.81. The van der Waals surface area contributed by atoms with Crippen LogP contribution in [-0.2, 0) is 0 Å². The fourth-order valence-electron chi connectivity index (χ4n) is 2.83. The van der Waals surface area contributed by atoms with Crippen LogP contribution >= 0.6 is 0 Å². The Balaban J connectivity index is 1.58. The fourth-order valence-corrected chi connectivity index (χ4v) is 2.83. The molecule has 0 amide bonds. The van der Waals surface area contributed by atoms with E-state index in [0.29, 0.717) is 0 Å². The number of likely N-dealkylation sites (tertiary alicyclic amines) is 1. The highest BCUT2D eigenvalue weighted by Crippen LogP contribution is 2.24. The molecule has 1 aromatic carbocycles. The molecular formula is C14H20N2. The molecule has 2 nitrogen and oxygen atoms in total. The van der Waals surface area contributed by atoms with E-state index in [1.165, 1.54) is 51.1 Å². The van der Waals surface area contributed by atoms with Gasteiger partial charge in [0.15, 0.2) is 0 Å². The zero-order valence-electron chi connectivity index (χ0n) is 9.81. The van der Waals surface area contributed by atoms with Crippen LogP contribution in [0.4, 0.5) is 5.69 Å². The molecular weight excluding hydrogens is 196 g/mol. The number of benzene rings is 1. The maximum atomic E-state index is 2.66. The summed E-state index contributed by atoms with van der Waals surface area (Å²) in [7, 11) is 0. The highest BCUT2D eigenvalue weighted by Gasteiger charge is 2.27. The Bertz CT molecular complexity index is 324. The number of anilines is 1. The molecule has 0 radical (unpaired) electrons. The summed E-state index contributed by atoms with van der Waals surface area (Å²) in [5, 5.41) is 0. The average Bonchev–Trinajstić information content (AvgIpc) is 2.29. The van der Waals surface area contributed by atoms with E-state index in [9.17, 15) is 0 Å². The number of nitrogens with zero attached hydrogens (tertiary/aromatic N) is 2. The van der Waals surface area contributed by atoms with Gasteiger partial charge < -0.3 is 9.80 Å². The lowest BCUT2D eigenvalue weighted by molar-refractivity contribution is 0.100. The number of hydrogen-bond donors (Lipinski definition) is 0. The van der Waals surface area contributed by atoms with E-state index in [1.807, 2.05) is 0 Å². The molecule has 3 rings (SSSR count). The van der Waals surface area contributed by atoms with Crippen molar-refractivity contribution in [2.24, 2.45) is 0 Å². The predicted molar refractivity (Wildman–Crippen MR) is 67.9 cm³/mol. The van der Waals surface area contributed by atoms with Crippen molar-refractivity contribution in [1.82, 2.24) is 4.90 Å². The number of piperidine rings is 1. The first kappa shape index (κ1) is 10.2. The third-order valence-electron chi connectivity index (χ3n) is 3.99. The summed E-state index contributed by atoms with van der Waals surface area (Å²) in [5.41, 5.74) is 1.39. The van der Waals surface area contributed by atoms with Crippen LogP contribution in [0, 0.1) is 0 Å². The Hall–Kier alpha value is -1.02. The third-order valence-corrected chi connectivity index (χ3v) is 3.99. The van der Waals surface area contributed by atoms with Crippen molar-refractivity contribution in [3.63, 3.8) is 0 Å². The van der Waals surface area contributed by atoms with Crippen molar-refractivity contribution in [3.8, 4) is 0 Å². The maximum absolute atomic E-state index is 2.66. The molecule has 0 saturated carbocycles. The highest BCUT2D eigenvalue weighted by atomic mass is 15.2. The third kappa shape index (κ3) is 1.94. The van der Waals surface area contributed by atoms with Crippen LogP contribution in [0.15, 0.2) is 30.3 Å². The lowest BCUT2D eigenvalue weighted by atomic mass is 9.99. The standard InChI is InChI=1S/C14H20N2/c1-2-5-13(6-3-1)16-11-7-14(8-12-16)15-9-4-10-15/h1-3,5-6,14H,4,7-12H2. The van der Waals surface area contributed by atoms with Crippen molar-refractivity contribution >= 4 is 5.69 Å². The molecule has 0 N–H and O–H groups in total. The largest absolute Gasteiger partial charge is 0.371 e. The molecule has 0 aliphatic carbocycles. The van der Waals surface area contributed by atoms with E-state index < -0.39 is 0 Å². The molecule has 0 unspecified atom stereocenters. The van der Waals surface area contributed by atoms with Gasteiger partial charge in [0, 0.05) is 24.8 Å². The highest BCUT2D eigenvalue weighted by molar-refractivity contribution is 5.46. The molecule has 86 valence electrons. The number of para-hydroxylation sites is 1. The molecule has 0 bridgehead atoms. The van der Waals surface area contributed by atoms with Crippen molar-refractivity contribution in [3.05, 3.63) is 30.3 Å². The van der Waals surface area contributed by atoms with Crippen LogP contribution in [0.3, 0.4) is 0 Å². The molecule has 2 aliphatic rings. The summed E-state index contributed by atoms with van der Waals surface area (Å²) in [4.78, 5) is 5.18. The molecule has 2 saturated heterocycles. The van der Waals surface area contributed by atoms with Gasteiger partial charge in [0.25, 0.3) is 0 Å². The molecule has 2 heterocycles. The van der Waals surface area contributed by atoms with Crippen LogP contribution in [-0.4, -0.2) is 37.1 Å². The molecule has 0 aromatic heterocycles. The van der Waals surface area contributed by atoms with Crippen molar-refractivity contribution < 1.29 is 0 Å². The fraction of sp³-hybridized carbons (Fsp3) is 0.571. The first-order chi connectivity index (χ1) is 7.93. The molecule has 1 aromatic rings. The monoisotopic (exact) mass is 216 g/mol. The summed E-state index contributed by atoms with van der Waals surface area (Å²) >= 11 is 0. The quantitative estimate of drug-likeness (QED) is 0.749. The first-order valence-electron chi connectivity index (χ1n) is 6.47. The SMILES string of the molecule is c1ccc(N2CCC(N3CCC3)CC2)cc1. The van der Waals surface area contributed by atoms with Gasteiger partial charge in [-0.2, -0.15) is 0 Å². The number of rotatable bonds is 2. The van der Waals surface area contributed by atoms with E-state index in [4.69, 9.17) is 0 Å². The van der Waals surface area contributed by atoms with E-state index in [2.05, 4.69) is 40.1 Å². The van der Waals surface area contributed by atoms with Crippen LogP contribution < -0.4 is 4.90 Å². The second-order valence-electron chi connectivity index (χ2n) is 4.94. The van der Waals surface area contributed by atoms with Gasteiger partial charge in [0.1, 0.15) is 0 Å². The van der Waals surface area contributed by atoms with Gasteiger partial charge in [-0.05, 0) is 44.5 Å². The van der Waals surface area contributed by atoms with Crippen LogP contribution in [0.2, 0.25) is 0 Å². The lowest BCUT2D eigenvalue weighted by Crippen LogP contribution is -2.50. The molecule has 16 heavy (non-hydrogen) atoms. The van der Waals surface area contributed by atoms with Crippen molar-refractivity contribution in [2.75, 3.05) is 31.1 Å². The number of hydrogen-bond acceptors (Lipinski definition) is 2. The second kappa shape index (κ2) is 4.46. The van der Waals surface area contributed by atoms with Gasteiger partial charge in [0.2, 0.25) is 0 Å². The summed E-state index contributed by atoms with van der Waals surface area (Å²) in [6.45, 7) is 5.14.